The standard InChI is InChI=1S/C13H12F2O2/c14-11-2-1-10(13(15)7-11)6-12(16)5-9-3-4-17-8-9/h1-4,7-8,12,16H,5-6H2. The van der Waals surface area contributed by atoms with Gasteiger partial charge in [0.05, 0.1) is 18.6 Å². The van der Waals surface area contributed by atoms with Gasteiger partial charge in [0.2, 0.25) is 0 Å². The van der Waals surface area contributed by atoms with Gasteiger partial charge in [-0.2, -0.15) is 0 Å². The third kappa shape index (κ3) is 3.14. The van der Waals surface area contributed by atoms with Crippen molar-refractivity contribution in [2.75, 3.05) is 0 Å². The van der Waals surface area contributed by atoms with E-state index < -0.39 is 17.7 Å². The van der Waals surface area contributed by atoms with E-state index in [1.807, 2.05) is 0 Å². The van der Waals surface area contributed by atoms with Crippen LogP contribution in [0.4, 0.5) is 8.78 Å². The van der Waals surface area contributed by atoms with Crippen LogP contribution in [-0.4, -0.2) is 11.2 Å². The first-order valence-electron chi connectivity index (χ1n) is 5.28. The predicted octanol–water partition coefficient (Wildman–Crippen LogP) is 2.70. The van der Waals surface area contributed by atoms with E-state index in [0.29, 0.717) is 12.0 Å². The number of hydrogen-bond donors (Lipinski definition) is 1. The molecular weight excluding hydrogens is 226 g/mol. The first-order chi connectivity index (χ1) is 8.15. The molecule has 0 saturated heterocycles. The topological polar surface area (TPSA) is 33.4 Å². The van der Waals surface area contributed by atoms with Gasteiger partial charge in [-0.05, 0) is 23.3 Å². The van der Waals surface area contributed by atoms with Gasteiger partial charge in [-0.25, -0.2) is 8.78 Å². The molecule has 0 aliphatic rings. The summed E-state index contributed by atoms with van der Waals surface area (Å²) in [5.74, 6) is -1.24. The van der Waals surface area contributed by atoms with Crippen molar-refractivity contribution in [1.29, 1.82) is 0 Å². The molecule has 0 spiro atoms. The minimum absolute atomic E-state index is 0.150. The zero-order valence-electron chi connectivity index (χ0n) is 9.07. The van der Waals surface area contributed by atoms with Crippen molar-refractivity contribution < 1.29 is 18.3 Å². The number of aliphatic hydroxyl groups excluding tert-OH is 1. The minimum atomic E-state index is -0.715. The predicted molar refractivity (Wildman–Crippen MR) is 58.5 cm³/mol. The van der Waals surface area contributed by atoms with Gasteiger partial charge >= 0.3 is 0 Å². The minimum Gasteiger partial charge on any atom is -0.472 e. The Balaban J connectivity index is 2.00. The molecular formula is C13H12F2O2. The zero-order chi connectivity index (χ0) is 12.3. The molecule has 0 aliphatic heterocycles. The van der Waals surface area contributed by atoms with Crippen LogP contribution in [0.2, 0.25) is 0 Å². The summed E-state index contributed by atoms with van der Waals surface area (Å²) >= 11 is 0. The molecule has 0 amide bonds. The van der Waals surface area contributed by atoms with Gasteiger partial charge in [0.15, 0.2) is 0 Å². The number of rotatable bonds is 4. The van der Waals surface area contributed by atoms with Gasteiger partial charge in [-0.15, -0.1) is 0 Å². The normalized spacial score (nSPS) is 12.6. The second kappa shape index (κ2) is 5.10. The molecule has 0 fully saturated rings. The van der Waals surface area contributed by atoms with Crippen LogP contribution in [0.5, 0.6) is 0 Å². The summed E-state index contributed by atoms with van der Waals surface area (Å²) in [6, 6.07) is 5.09. The molecule has 1 aromatic heterocycles. The van der Waals surface area contributed by atoms with E-state index in [0.717, 1.165) is 11.6 Å². The third-order valence-electron chi connectivity index (χ3n) is 2.52. The molecule has 1 atom stereocenters. The highest BCUT2D eigenvalue weighted by Crippen LogP contribution is 2.14. The Morgan fingerprint density at radius 1 is 1.18 bits per heavy atom. The molecule has 0 radical (unpaired) electrons. The molecule has 1 heterocycles. The van der Waals surface area contributed by atoms with Crippen LogP contribution in [0.25, 0.3) is 0 Å². The maximum atomic E-state index is 13.3. The first kappa shape index (κ1) is 11.8. The molecule has 90 valence electrons. The van der Waals surface area contributed by atoms with E-state index in [1.165, 1.54) is 24.7 Å². The first-order valence-corrected chi connectivity index (χ1v) is 5.28. The second-order valence-corrected chi connectivity index (χ2v) is 3.93. The van der Waals surface area contributed by atoms with E-state index in [9.17, 15) is 13.9 Å². The van der Waals surface area contributed by atoms with Crippen LogP contribution in [-0.2, 0) is 12.8 Å². The lowest BCUT2D eigenvalue weighted by molar-refractivity contribution is 0.174. The zero-order valence-corrected chi connectivity index (χ0v) is 9.07. The van der Waals surface area contributed by atoms with Gasteiger partial charge in [0.1, 0.15) is 11.6 Å². The maximum absolute atomic E-state index is 13.3. The van der Waals surface area contributed by atoms with Crippen molar-refractivity contribution in [3.63, 3.8) is 0 Å². The Hall–Kier alpha value is -1.68. The monoisotopic (exact) mass is 238 g/mol. The molecule has 2 nitrogen and oxygen atoms in total. The number of hydrogen-bond acceptors (Lipinski definition) is 2. The summed E-state index contributed by atoms with van der Waals surface area (Å²) in [7, 11) is 0. The van der Waals surface area contributed by atoms with E-state index in [4.69, 9.17) is 4.42 Å². The summed E-state index contributed by atoms with van der Waals surface area (Å²) in [5, 5.41) is 9.77. The fourth-order valence-corrected chi connectivity index (χ4v) is 1.69. The lowest BCUT2D eigenvalue weighted by Crippen LogP contribution is -2.14. The Kier molecular flexibility index (Phi) is 3.54. The largest absolute Gasteiger partial charge is 0.472 e. The number of furan rings is 1. The van der Waals surface area contributed by atoms with Gasteiger partial charge in [0, 0.05) is 18.9 Å². The summed E-state index contributed by atoms with van der Waals surface area (Å²) < 4.78 is 30.9. The average Bonchev–Trinajstić information content (AvgIpc) is 2.75. The van der Waals surface area contributed by atoms with E-state index >= 15 is 0 Å². The molecule has 1 unspecified atom stereocenters. The van der Waals surface area contributed by atoms with Crippen LogP contribution >= 0.6 is 0 Å². The molecule has 0 bridgehead atoms. The highest BCUT2D eigenvalue weighted by Gasteiger charge is 2.11. The van der Waals surface area contributed by atoms with Gasteiger partial charge < -0.3 is 9.52 Å². The van der Waals surface area contributed by atoms with Crippen LogP contribution in [0, 0.1) is 11.6 Å². The van der Waals surface area contributed by atoms with Crippen molar-refractivity contribution in [2.24, 2.45) is 0 Å². The summed E-state index contributed by atoms with van der Waals surface area (Å²) in [6.07, 6.45) is 2.86. The summed E-state index contributed by atoms with van der Waals surface area (Å²) in [5.41, 5.74) is 1.16. The van der Waals surface area contributed by atoms with E-state index in [-0.39, 0.29) is 6.42 Å². The van der Waals surface area contributed by atoms with E-state index in [1.54, 1.807) is 6.07 Å². The van der Waals surface area contributed by atoms with Crippen molar-refractivity contribution in [3.05, 3.63) is 59.6 Å². The molecule has 1 N–H and O–H groups in total. The summed E-state index contributed by atoms with van der Waals surface area (Å²) in [6.45, 7) is 0. The fourth-order valence-electron chi connectivity index (χ4n) is 1.69. The molecule has 1 aromatic carbocycles. The van der Waals surface area contributed by atoms with Crippen molar-refractivity contribution in [1.82, 2.24) is 0 Å². The Bertz CT molecular complexity index is 480. The fraction of sp³-hybridized carbons (Fsp3) is 0.231. The van der Waals surface area contributed by atoms with Gasteiger partial charge in [0.25, 0.3) is 0 Å². The third-order valence-corrected chi connectivity index (χ3v) is 2.52. The van der Waals surface area contributed by atoms with Crippen molar-refractivity contribution in [2.45, 2.75) is 18.9 Å². The van der Waals surface area contributed by atoms with Gasteiger partial charge in [-0.1, -0.05) is 6.07 Å². The number of halogens is 2. The van der Waals surface area contributed by atoms with Crippen LogP contribution in [0.3, 0.4) is 0 Å². The van der Waals surface area contributed by atoms with Crippen molar-refractivity contribution in [3.8, 4) is 0 Å². The quantitative estimate of drug-likeness (QED) is 0.888. The molecule has 17 heavy (non-hydrogen) atoms. The highest BCUT2D eigenvalue weighted by molar-refractivity contribution is 5.20. The van der Waals surface area contributed by atoms with E-state index in [2.05, 4.69) is 0 Å². The van der Waals surface area contributed by atoms with Crippen LogP contribution in [0.1, 0.15) is 11.1 Å². The van der Waals surface area contributed by atoms with Crippen LogP contribution < -0.4 is 0 Å². The molecule has 0 aliphatic carbocycles. The maximum Gasteiger partial charge on any atom is 0.129 e. The van der Waals surface area contributed by atoms with Crippen LogP contribution in [0.15, 0.2) is 41.2 Å². The second-order valence-electron chi connectivity index (χ2n) is 3.93. The highest BCUT2D eigenvalue weighted by atomic mass is 19.1. The molecule has 2 aromatic rings. The lowest BCUT2D eigenvalue weighted by atomic mass is 10.0. The SMILES string of the molecule is OC(Cc1ccoc1)Cc1ccc(F)cc1F. The van der Waals surface area contributed by atoms with Crippen molar-refractivity contribution >= 4 is 0 Å². The molecule has 2 rings (SSSR count). The molecule has 4 heteroatoms. The lowest BCUT2D eigenvalue weighted by Gasteiger charge is -2.10. The Morgan fingerprint density at radius 2 is 2.00 bits per heavy atom. The average molecular weight is 238 g/mol. The number of aliphatic hydroxyl groups is 1. The smallest absolute Gasteiger partial charge is 0.129 e. The Labute approximate surface area is 97.5 Å². The summed E-state index contributed by atoms with van der Waals surface area (Å²) in [4.78, 5) is 0. The molecule has 0 saturated carbocycles. The Morgan fingerprint density at radius 3 is 2.65 bits per heavy atom. The number of benzene rings is 1. The van der Waals surface area contributed by atoms with Gasteiger partial charge in [-0.3, -0.25) is 0 Å².